The van der Waals surface area contributed by atoms with E-state index in [9.17, 15) is 19.1 Å². The second-order valence-electron chi connectivity index (χ2n) is 7.32. The maximum absolute atomic E-state index is 13.8. The van der Waals surface area contributed by atoms with E-state index in [2.05, 4.69) is 26.2 Å². The Hall–Kier alpha value is -2.67. The fourth-order valence-corrected chi connectivity index (χ4v) is 4.84. The van der Waals surface area contributed by atoms with Gasteiger partial charge in [-0.1, -0.05) is 22.0 Å². The van der Waals surface area contributed by atoms with Crippen LogP contribution in [0.15, 0.2) is 50.5 Å². The maximum Gasteiger partial charge on any atom is 0.338 e. The molecule has 1 aromatic heterocycles. The number of amidine groups is 1. The lowest BCUT2D eigenvalue weighted by molar-refractivity contribution is -0.155. The molecular formula is C21H20BrFN4O5S. The number of carboxylic acid groups (broad SMARTS) is 1. The number of morpholine rings is 1. The van der Waals surface area contributed by atoms with Crippen molar-refractivity contribution in [2.75, 3.05) is 33.4 Å². The van der Waals surface area contributed by atoms with E-state index in [0.717, 1.165) is 0 Å². The lowest BCUT2D eigenvalue weighted by atomic mass is 9.95. The summed E-state index contributed by atoms with van der Waals surface area (Å²) < 4.78 is 24.6. The zero-order chi connectivity index (χ0) is 23.5. The summed E-state index contributed by atoms with van der Waals surface area (Å²) in [5.41, 5.74) is 1.34. The third kappa shape index (κ3) is 5.13. The van der Waals surface area contributed by atoms with Gasteiger partial charge in [-0.2, -0.15) is 0 Å². The Morgan fingerprint density at radius 3 is 2.94 bits per heavy atom. The van der Waals surface area contributed by atoms with Gasteiger partial charge in [-0.15, -0.1) is 11.3 Å². The van der Waals surface area contributed by atoms with Crippen molar-refractivity contribution in [1.82, 2.24) is 15.2 Å². The molecule has 3 heterocycles. The molecule has 0 radical (unpaired) electrons. The minimum absolute atomic E-state index is 0.156. The average molecular weight is 539 g/mol. The molecule has 2 aromatic rings. The maximum atomic E-state index is 13.8. The van der Waals surface area contributed by atoms with Crippen molar-refractivity contribution < 1.29 is 28.6 Å². The van der Waals surface area contributed by atoms with Gasteiger partial charge in [0.05, 0.1) is 19.3 Å². The molecule has 2 aliphatic heterocycles. The van der Waals surface area contributed by atoms with Crippen LogP contribution in [0.1, 0.15) is 16.6 Å². The van der Waals surface area contributed by atoms with E-state index in [1.54, 1.807) is 17.6 Å². The molecule has 12 heteroatoms. The van der Waals surface area contributed by atoms with Gasteiger partial charge in [-0.05, 0) is 17.7 Å². The van der Waals surface area contributed by atoms with Gasteiger partial charge in [0, 0.05) is 41.4 Å². The van der Waals surface area contributed by atoms with E-state index >= 15 is 0 Å². The van der Waals surface area contributed by atoms with E-state index in [0.29, 0.717) is 33.1 Å². The van der Waals surface area contributed by atoms with Crippen LogP contribution in [0.2, 0.25) is 0 Å². The molecule has 0 spiro atoms. The summed E-state index contributed by atoms with van der Waals surface area (Å²) in [4.78, 5) is 35.2. The van der Waals surface area contributed by atoms with Crippen LogP contribution in [0.5, 0.6) is 0 Å². The number of esters is 1. The molecule has 2 atom stereocenters. The Balaban J connectivity index is 1.78. The van der Waals surface area contributed by atoms with Gasteiger partial charge in [0.15, 0.2) is 16.9 Å². The molecule has 4 rings (SSSR count). The minimum atomic E-state index is -1.04. The number of aliphatic carboxylic acids is 1. The lowest BCUT2D eigenvalue weighted by Crippen LogP contribution is -2.48. The largest absolute Gasteiger partial charge is 0.479 e. The number of nitrogens with zero attached hydrogens (tertiary/aromatic N) is 3. The first-order chi connectivity index (χ1) is 15.9. The van der Waals surface area contributed by atoms with Gasteiger partial charge >= 0.3 is 11.9 Å². The quantitative estimate of drug-likeness (QED) is 0.539. The number of nitrogens with one attached hydrogen (secondary N) is 1. The molecule has 1 saturated heterocycles. The molecule has 9 nitrogen and oxygen atoms in total. The third-order valence-corrected chi connectivity index (χ3v) is 6.70. The topological polar surface area (TPSA) is 113 Å². The van der Waals surface area contributed by atoms with E-state index in [1.165, 1.54) is 30.6 Å². The summed E-state index contributed by atoms with van der Waals surface area (Å²) in [7, 11) is 1.28. The molecular weight excluding hydrogens is 519 g/mol. The third-order valence-electron chi connectivity index (χ3n) is 5.23. The van der Waals surface area contributed by atoms with E-state index < -0.39 is 29.9 Å². The monoisotopic (exact) mass is 538 g/mol. The zero-order valence-electron chi connectivity index (χ0n) is 17.5. The predicted octanol–water partition coefficient (Wildman–Crippen LogP) is 2.35. The molecule has 0 bridgehead atoms. The number of methoxy groups -OCH3 is 1. The van der Waals surface area contributed by atoms with Crippen molar-refractivity contribution in [3.05, 3.63) is 61.9 Å². The van der Waals surface area contributed by atoms with Crippen molar-refractivity contribution in [2.45, 2.75) is 12.1 Å². The summed E-state index contributed by atoms with van der Waals surface area (Å²) in [5, 5.41) is 15.0. The number of carbonyl (C=O) groups is 2. The number of hydrogen-bond acceptors (Lipinski definition) is 9. The smallest absolute Gasteiger partial charge is 0.338 e. The molecule has 33 heavy (non-hydrogen) atoms. The molecule has 0 amide bonds. The standard InChI is InChI=1S/C21H20BrFN4O5S/c1-31-21(30)16-14(9-27-5-6-32-15(10-27)20(28)29)25-18(19-24-4-7-33-19)26-17(16)12-3-2-11(23)8-13(12)22/h2-4,7-8,15,17H,5-6,9-10H2,1H3,(H,25,26)(H,28,29). The zero-order valence-corrected chi connectivity index (χ0v) is 19.9. The SMILES string of the molecule is COC(=O)C1=C(CN2CCOC(C(=O)O)C2)NC(c2nccs2)=NC1c1ccc(F)cc1Br. The number of rotatable bonds is 6. The van der Waals surface area contributed by atoms with Crippen molar-refractivity contribution >= 4 is 45.0 Å². The number of hydrogen-bond donors (Lipinski definition) is 2. The second kappa shape index (κ2) is 10.1. The molecule has 1 fully saturated rings. The predicted molar refractivity (Wildman–Crippen MR) is 121 cm³/mol. The first kappa shape index (κ1) is 23.5. The van der Waals surface area contributed by atoms with Gasteiger partial charge in [0.2, 0.25) is 0 Å². The molecule has 2 aliphatic rings. The lowest BCUT2D eigenvalue weighted by Gasteiger charge is -2.34. The highest BCUT2D eigenvalue weighted by Gasteiger charge is 2.35. The molecule has 174 valence electrons. The highest BCUT2D eigenvalue weighted by Crippen LogP contribution is 2.37. The molecule has 1 aromatic carbocycles. The Bertz CT molecular complexity index is 1120. The van der Waals surface area contributed by atoms with E-state index in [1.807, 2.05) is 4.90 Å². The molecule has 0 aliphatic carbocycles. The van der Waals surface area contributed by atoms with Gasteiger partial charge < -0.3 is 19.9 Å². The number of thiazole rings is 1. The normalized spacial score (nSPS) is 21.4. The van der Waals surface area contributed by atoms with Crippen LogP contribution in [-0.2, 0) is 19.1 Å². The van der Waals surface area contributed by atoms with Crippen molar-refractivity contribution in [2.24, 2.45) is 4.99 Å². The fraction of sp³-hybridized carbons (Fsp3) is 0.333. The average Bonchev–Trinajstić information content (AvgIpc) is 3.33. The van der Waals surface area contributed by atoms with Crippen LogP contribution >= 0.6 is 27.3 Å². The summed E-state index contributed by atoms with van der Waals surface area (Å²) in [5.74, 6) is -1.61. The van der Waals surface area contributed by atoms with Gasteiger partial charge in [0.1, 0.15) is 11.9 Å². The minimum Gasteiger partial charge on any atom is -0.479 e. The van der Waals surface area contributed by atoms with Crippen LogP contribution in [-0.4, -0.2) is 72.2 Å². The number of ether oxygens (including phenoxy) is 2. The van der Waals surface area contributed by atoms with Crippen molar-refractivity contribution in [3.8, 4) is 0 Å². The molecule has 0 saturated carbocycles. The van der Waals surface area contributed by atoms with E-state index in [4.69, 9.17) is 14.5 Å². The summed E-state index contributed by atoms with van der Waals surface area (Å²) in [6.45, 7) is 1.12. The summed E-state index contributed by atoms with van der Waals surface area (Å²) >= 11 is 4.76. The second-order valence-corrected chi connectivity index (χ2v) is 9.07. The molecule has 2 unspecified atom stereocenters. The number of carboxylic acids is 1. The summed E-state index contributed by atoms with van der Waals surface area (Å²) in [6.07, 6.45) is 0.685. The number of carbonyl (C=O) groups excluding carboxylic acids is 1. The fourth-order valence-electron chi connectivity index (χ4n) is 3.69. The molecule has 2 N–H and O–H groups in total. The highest BCUT2D eigenvalue weighted by molar-refractivity contribution is 9.10. The highest BCUT2D eigenvalue weighted by atomic mass is 79.9. The van der Waals surface area contributed by atoms with Crippen LogP contribution < -0.4 is 5.32 Å². The Kier molecular flexibility index (Phi) is 7.17. The van der Waals surface area contributed by atoms with Crippen LogP contribution in [0.3, 0.4) is 0 Å². The Morgan fingerprint density at radius 2 is 2.27 bits per heavy atom. The number of halogens is 2. The van der Waals surface area contributed by atoms with Crippen LogP contribution in [0.4, 0.5) is 4.39 Å². The first-order valence-electron chi connectivity index (χ1n) is 9.95. The van der Waals surface area contributed by atoms with E-state index in [-0.39, 0.29) is 25.3 Å². The summed E-state index contributed by atoms with van der Waals surface area (Å²) in [6, 6.07) is 3.38. The van der Waals surface area contributed by atoms with Gasteiger partial charge in [-0.3, -0.25) is 9.89 Å². The first-order valence-corrected chi connectivity index (χ1v) is 11.6. The van der Waals surface area contributed by atoms with Gasteiger partial charge in [0.25, 0.3) is 0 Å². The number of aromatic nitrogens is 1. The van der Waals surface area contributed by atoms with Crippen molar-refractivity contribution in [3.63, 3.8) is 0 Å². The number of benzene rings is 1. The van der Waals surface area contributed by atoms with Crippen LogP contribution in [0.25, 0.3) is 0 Å². The number of aliphatic imine (C=N–C) groups is 1. The Labute approximate surface area is 201 Å². The van der Waals surface area contributed by atoms with Gasteiger partial charge in [-0.25, -0.2) is 19.0 Å². The van der Waals surface area contributed by atoms with Crippen molar-refractivity contribution in [1.29, 1.82) is 0 Å². The van der Waals surface area contributed by atoms with Crippen LogP contribution in [0, 0.1) is 5.82 Å². The Morgan fingerprint density at radius 1 is 1.45 bits per heavy atom.